The molecule has 0 aliphatic rings. The summed E-state index contributed by atoms with van der Waals surface area (Å²) >= 11 is 0. The van der Waals surface area contributed by atoms with Gasteiger partial charge in [0.1, 0.15) is 0 Å². The number of amides is 1. The number of aryl methyl sites for hydroxylation is 2. The van der Waals surface area contributed by atoms with E-state index < -0.39 is 0 Å². The molecule has 4 N–H and O–H groups in total. The molecule has 0 unspecified atom stereocenters. The molecule has 0 spiro atoms. The average molecular weight is 307 g/mol. The molecule has 2 rings (SSSR count). The fraction of sp³-hybridized carbons (Fsp3) is 0.158. The summed E-state index contributed by atoms with van der Waals surface area (Å²) in [5.74, 6) is -0.0139. The Morgan fingerprint density at radius 3 is 2.35 bits per heavy atom. The van der Waals surface area contributed by atoms with Crippen LogP contribution >= 0.6 is 0 Å². The summed E-state index contributed by atoms with van der Waals surface area (Å²) in [5.41, 5.74) is 10.1. The second kappa shape index (κ2) is 7.94. The lowest BCUT2D eigenvalue weighted by Crippen LogP contribution is -2.12. The smallest absolute Gasteiger partial charge is 0.224 e. The monoisotopic (exact) mass is 307 g/mol. The Kier molecular flexibility index (Phi) is 5.69. The summed E-state index contributed by atoms with van der Waals surface area (Å²) in [6.45, 7) is 2.05. The number of anilines is 1. The molecule has 0 heterocycles. The number of nitrogens with two attached hydrogens (primary N) is 1. The van der Waals surface area contributed by atoms with Gasteiger partial charge in [0.2, 0.25) is 5.91 Å². The van der Waals surface area contributed by atoms with Crippen molar-refractivity contribution in [1.29, 1.82) is 5.41 Å². The van der Waals surface area contributed by atoms with Crippen molar-refractivity contribution in [1.82, 2.24) is 0 Å². The summed E-state index contributed by atoms with van der Waals surface area (Å²) in [4.78, 5) is 12.0. The topological polar surface area (TPSA) is 79.0 Å². The van der Waals surface area contributed by atoms with E-state index in [1.54, 1.807) is 0 Å². The first-order valence-electron chi connectivity index (χ1n) is 7.50. The van der Waals surface area contributed by atoms with Crippen LogP contribution in [0.1, 0.15) is 23.1 Å². The van der Waals surface area contributed by atoms with E-state index in [9.17, 15) is 4.79 Å². The molecular formula is C19H21N3O. The highest BCUT2D eigenvalue weighted by molar-refractivity contribution is 6.08. The Hall–Kier alpha value is -2.88. The third-order valence-electron chi connectivity index (χ3n) is 3.60. The Labute approximate surface area is 136 Å². The Bertz CT molecular complexity index is 700. The van der Waals surface area contributed by atoms with Gasteiger partial charge in [-0.2, -0.15) is 0 Å². The van der Waals surface area contributed by atoms with Crippen molar-refractivity contribution < 1.29 is 4.79 Å². The molecule has 0 bridgehead atoms. The van der Waals surface area contributed by atoms with E-state index in [0.29, 0.717) is 12.0 Å². The molecule has 0 saturated carbocycles. The van der Waals surface area contributed by atoms with E-state index in [1.807, 2.05) is 31.2 Å². The van der Waals surface area contributed by atoms with Crippen LogP contribution in [0.2, 0.25) is 0 Å². The Balaban J connectivity index is 1.90. The predicted octanol–water partition coefficient (Wildman–Crippen LogP) is 3.52. The third kappa shape index (κ3) is 4.81. The van der Waals surface area contributed by atoms with E-state index in [2.05, 4.69) is 29.6 Å². The van der Waals surface area contributed by atoms with Crippen LogP contribution in [0.25, 0.3) is 5.57 Å². The van der Waals surface area contributed by atoms with Crippen molar-refractivity contribution in [3.63, 3.8) is 0 Å². The molecule has 0 aliphatic heterocycles. The van der Waals surface area contributed by atoms with E-state index in [-0.39, 0.29) is 5.91 Å². The lowest BCUT2D eigenvalue weighted by Gasteiger charge is -2.07. The summed E-state index contributed by atoms with van der Waals surface area (Å²) in [6.07, 6.45) is 3.76. The average Bonchev–Trinajstić information content (AvgIpc) is 2.57. The highest BCUT2D eigenvalue weighted by atomic mass is 16.1. The number of hydrogen-bond donors (Lipinski definition) is 3. The molecule has 1 amide bonds. The van der Waals surface area contributed by atoms with E-state index in [4.69, 9.17) is 11.1 Å². The maximum absolute atomic E-state index is 12.0. The van der Waals surface area contributed by atoms with Crippen molar-refractivity contribution in [2.24, 2.45) is 5.73 Å². The van der Waals surface area contributed by atoms with Crippen molar-refractivity contribution in [3.05, 3.63) is 71.4 Å². The molecular weight excluding hydrogens is 286 g/mol. The summed E-state index contributed by atoms with van der Waals surface area (Å²) in [7, 11) is 0. The molecule has 2 aromatic rings. The zero-order chi connectivity index (χ0) is 16.7. The minimum absolute atomic E-state index is 0.0139. The van der Waals surface area contributed by atoms with Gasteiger partial charge in [0, 0.05) is 30.1 Å². The third-order valence-corrected chi connectivity index (χ3v) is 3.60. The van der Waals surface area contributed by atoms with Crippen LogP contribution in [0.15, 0.2) is 54.7 Å². The number of nitrogens with one attached hydrogen (secondary N) is 2. The van der Waals surface area contributed by atoms with E-state index >= 15 is 0 Å². The molecule has 118 valence electrons. The minimum Gasteiger partial charge on any atom is -0.404 e. The first kappa shape index (κ1) is 16.5. The van der Waals surface area contributed by atoms with Crippen LogP contribution in [0, 0.1) is 12.3 Å². The first-order chi connectivity index (χ1) is 11.1. The van der Waals surface area contributed by atoms with E-state index in [1.165, 1.54) is 18.0 Å². The molecule has 4 heteroatoms. The van der Waals surface area contributed by atoms with Crippen LogP contribution in [0.5, 0.6) is 0 Å². The van der Waals surface area contributed by atoms with Gasteiger partial charge >= 0.3 is 0 Å². The zero-order valence-corrected chi connectivity index (χ0v) is 13.2. The van der Waals surface area contributed by atoms with Gasteiger partial charge in [0.05, 0.1) is 0 Å². The van der Waals surface area contributed by atoms with Gasteiger partial charge in [-0.1, -0.05) is 42.0 Å². The summed E-state index contributed by atoms with van der Waals surface area (Å²) in [6, 6.07) is 15.5. The molecule has 0 fully saturated rings. The van der Waals surface area contributed by atoms with Crippen molar-refractivity contribution >= 4 is 23.4 Å². The van der Waals surface area contributed by atoms with Gasteiger partial charge in [0.25, 0.3) is 0 Å². The largest absolute Gasteiger partial charge is 0.404 e. The standard InChI is InChI=1S/C19H21N3O/c1-14-2-4-15(5-3-14)6-11-19(23)22-18-9-7-16(8-10-18)17(12-20)13-21/h2-5,7-10,12-13,20H,6,11,21H2,1H3,(H,22,23)/b17-13+,20-12?. The molecule has 0 atom stereocenters. The number of carbonyl (C=O) groups excluding carboxylic acids is 1. The lowest BCUT2D eigenvalue weighted by molar-refractivity contribution is -0.116. The van der Waals surface area contributed by atoms with Crippen molar-refractivity contribution in [2.75, 3.05) is 5.32 Å². The second-order valence-electron chi connectivity index (χ2n) is 5.38. The van der Waals surface area contributed by atoms with E-state index in [0.717, 1.165) is 23.2 Å². The van der Waals surface area contributed by atoms with Gasteiger partial charge in [-0.15, -0.1) is 0 Å². The maximum atomic E-state index is 12.0. The minimum atomic E-state index is -0.0139. The summed E-state index contributed by atoms with van der Waals surface area (Å²) < 4.78 is 0. The molecule has 4 nitrogen and oxygen atoms in total. The molecule has 0 radical (unpaired) electrons. The Morgan fingerprint density at radius 2 is 1.78 bits per heavy atom. The fourth-order valence-electron chi connectivity index (χ4n) is 2.21. The van der Waals surface area contributed by atoms with Crippen LogP contribution < -0.4 is 11.1 Å². The van der Waals surface area contributed by atoms with Crippen LogP contribution in [0.4, 0.5) is 5.69 Å². The van der Waals surface area contributed by atoms with Crippen LogP contribution in [0.3, 0.4) is 0 Å². The second-order valence-corrected chi connectivity index (χ2v) is 5.38. The molecule has 2 aromatic carbocycles. The van der Waals surface area contributed by atoms with Gasteiger partial charge in [-0.05, 0) is 36.6 Å². The number of allylic oxidation sites excluding steroid dienone is 1. The van der Waals surface area contributed by atoms with Crippen LogP contribution in [-0.2, 0) is 11.2 Å². The van der Waals surface area contributed by atoms with Crippen molar-refractivity contribution in [3.8, 4) is 0 Å². The zero-order valence-electron chi connectivity index (χ0n) is 13.2. The highest BCUT2D eigenvalue weighted by Gasteiger charge is 2.04. The lowest BCUT2D eigenvalue weighted by atomic mass is 10.1. The fourth-order valence-corrected chi connectivity index (χ4v) is 2.21. The number of carbonyl (C=O) groups is 1. The van der Waals surface area contributed by atoms with Gasteiger partial charge in [-0.25, -0.2) is 0 Å². The Morgan fingerprint density at radius 1 is 1.13 bits per heavy atom. The maximum Gasteiger partial charge on any atom is 0.224 e. The predicted molar refractivity (Wildman–Crippen MR) is 95.5 cm³/mol. The van der Waals surface area contributed by atoms with Crippen LogP contribution in [-0.4, -0.2) is 12.1 Å². The van der Waals surface area contributed by atoms with Gasteiger partial charge in [0.15, 0.2) is 0 Å². The number of rotatable bonds is 6. The van der Waals surface area contributed by atoms with Gasteiger partial charge < -0.3 is 16.5 Å². The van der Waals surface area contributed by atoms with Gasteiger partial charge in [-0.3, -0.25) is 4.79 Å². The highest BCUT2D eigenvalue weighted by Crippen LogP contribution is 2.16. The molecule has 23 heavy (non-hydrogen) atoms. The normalized spacial score (nSPS) is 11.1. The molecule has 0 aliphatic carbocycles. The first-order valence-corrected chi connectivity index (χ1v) is 7.50. The SMILES string of the molecule is Cc1ccc(CCC(=O)Nc2ccc(/C(C=N)=C/N)cc2)cc1. The summed E-state index contributed by atoms with van der Waals surface area (Å²) in [5, 5.41) is 10.1. The van der Waals surface area contributed by atoms with Crippen molar-refractivity contribution in [2.45, 2.75) is 19.8 Å². The molecule has 0 saturated heterocycles. The molecule has 0 aromatic heterocycles. The quantitative estimate of drug-likeness (QED) is 0.714. The number of benzene rings is 2. The number of hydrogen-bond acceptors (Lipinski definition) is 3.